The van der Waals surface area contributed by atoms with E-state index in [0.717, 1.165) is 19.3 Å². The Hall–Kier alpha value is -1.32. The zero-order valence-corrected chi connectivity index (χ0v) is 10.8. The van der Waals surface area contributed by atoms with Crippen molar-refractivity contribution in [3.63, 3.8) is 0 Å². The molecule has 0 radical (unpaired) electrons. The van der Waals surface area contributed by atoms with Gasteiger partial charge in [-0.15, -0.1) is 0 Å². The van der Waals surface area contributed by atoms with Crippen molar-refractivity contribution in [2.24, 2.45) is 17.8 Å². The molecule has 1 fully saturated rings. The molecule has 4 atom stereocenters. The molecule has 18 heavy (non-hydrogen) atoms. The standard InChI is InChI=1S/C14H21NO3/c1-9-6-7-10(8-9)15-13(16)11-4-2-3-5-12(11)14(17)18/h2-3,9-12H,4-8H2,1H3,(H,15,16)(H,17,18)/t9?,10?,11-,12+/m1/s1. The molecule has 1 amide bonds. The van der Waals surface area contributed by atoms with Gasteiger partial charge < -0.3 is 10.4 Å². The Morgan fingerprint density at radius 2 is 1.83 bits per heavy atom. The summed E-state index contributed by atoms with van der Waals surface area (Å²) in [6.07, 6.45) is 7.98. The minimum Gasteiger partial charge on any atom is -0.481 e. The Bertz CT molecular complexity index is 364. The molecule has 2 aliphatic carbocycles. The van der Waals surface area contributed by atoms with Crippen molar-refractivity contribution in [3.05, 3.63) is 12.2 Å². The fraction of sp³-hybridized carbons (Fsp3) is 0.714. The van der Waals surface area contributed by atoms with Crippen molar-refractivity contribution in [3.8, 4) is 0 Å². The summed E-state index contributed by atoms with van der Waals surface area (Å²) in [6, 6.07) is 0.243. The van der Waals surface area contributed by atoms with Gasteiger partial charge in [0.2, 0.25) is 5.91 Å². The molecule has 0 bridgehead atoms. The van der Waals surface area contributed by atoms with Gasteiger partial charge in [0.25, 0.3) is 0 Å². The Labute approximate surface area is 107 Å². The molecular formula is C14H21NO3. The third-order valence-corrected chi connectivity index (χ3v) is 4.13. The second-order valence-electron chi connectivity index (χ2n) is 5.62. The minimum absolute atomic E-state index is 0.0779. The molecule has 1 saturated carbocycles. The highest BCUT2D eigenvalue weighted by atomic mass is 16.4. The molecule has 0 spiro atoms. The van der Waals surface area contributed by atoms with Crippen LogP contribution >= 0.6 is 0 Å². The largest absolute Gasteiger partial charge is 0.481 e. The summed E-state index contributed by atoms with van der Waals surface area (Å²) in [5.74, 6) is -1.24. The van der Waals surface area contributed by atoms with Crippen molar-refractivity contribution in [2.75, 3.05) is 0 Å². The molecule has 0 aliphatic heterocycles. The van der Waals surface area contributed by atoms with Gasteiger partial charge in [-0.2, -0.15) is 0 Å². The number of carboxylic acid groups (broad SMARTS) is 1. The normalized spacial score (nSPS) is 35.4. The zero-order valence-electron chi connectivity index (χ0n) is 10.8. The number of aliphatic carboxylic acids is 1. The van der Waals surface area contributed by atoms with E-state index in [1.54, 1.807) is 0 Å². The summed E-state index contributed by atoms with van der Waals surface area (Å²) in [7, 11) is 0. The van der Waals surface area contributed by atoms with E-state index in [2.05, 4.69) is 12.2 Å². The maximum absolute atomic E-state index is 12.2. The quantitative estimate of drug-likeness (QED) is 0.753. The minimum atomic E-state index is -0.862. The van der Waals surface area contributed by atoms with Crippen molar-refractivity contribution in [1.29, 1.82) is 0 Å². The van der Waals surface area contributed by atoms with Gasteiger partial charge in [-0.3, -0.25) is 9.59 Å². The van der Waals surface area contributed by atoms with Gasteiger partial charge in [0.05, 0.1) is 11.8 Å². The average Bonchev–Trinajstić information content (AvgIpc) is 2.74. The summed E-state index contributed by atoms with van der Waals surface area (Å²) < 4.78 is 0. The van der Waals surface area contributed by atoms with Gasteiger partial charge >= 0.3 is 5.97 Å². The van der Waals surface area contributed by atoms with Crippen LogP contribution in [0.3, 0.4) is 0 Å². The zero-order chi connectivity index (χ0) is 13.1. The van der Waals surface area contributed by atoms with E-state index >= 15 is 0 Å². The monoisotopic (exact) mass is 251 g/mol. The molecule has 4 heteroatoms. The highest BCUT2D eigenvalue weighted by molar-refractivity contribution is 5.85. The van der Waals surface area contributed by atoms with Crippen LogP contribution in [0, 0.1) is 17.8 Å². The first-order chi connectivity index (χ1) is 8.58. The Morgan fingerprint density at radius 3 is 2.39 bits per heavy atom. The lowest BCUT2D eigenvalue weighted by molar-refractivity contribution is -0.147. The Balaban J connectivity index is 1.94. The van der Waals surface area contributed by atoms with Crippen LogP contribution in [-0.4, -0.2) is 23.0 Å². The van der Waals surface area contributed by atoms with Crippen LogP contribution in [0.2, 0.25) is 0 Å². The van der Waals surface area contributed by atoms with E-state index in [9.17, 15) is 9.59 Å². The number of carboxylic acids is 1. The van der Waals surface area contributed by atoms with Crippen LogP contribution < -0.4 is 5.32 Å². The molecule has 0 aromatic rings. The number of hydrogen-bond acceptors (Lipinski definition) is 2. The highest BCUT2D eigenvalue weighted by Gasteiger charge is 2.35. The topological polar surface area (TPSA) is 66.4 Å². The lowest BCUT2D eigenvalue weighted by atomic mass is 9.82. The number of amides is 1. The van der Waals surface area contributed by atoms with E-state index in [0.29, 0.717) is 18.8 Å². The summed E-state index contributed by atoms with van der Waals surface area (Å²) in [4.78, 5) is 23.3. The van der Waals surface area contributed by atoms with Crippen LogP contribution in [-0.2, 0) is 9.59 Å². The van der Waals surface area contributed by atoms with Crippen LogP contribution in [0.4, 0.5) is 0 Å². The molecule has 0 aromatic heterocycles. The van der Waals surface area contributed by atoms with Crippen LogP contribution in [0.1, 0.15) is 39.0 Å². The van der Waals surface area contributed by atoms with Gasteiger partial charge in [0.1, 0.15) is 0 Å². The second-order valence-corrected chi connectivity index (χ2v) is 5.62. The van der Waals surface area contributed by atoms with Crippen molar-refractivity contribution < 1.29 is 14.7 Å². The maximum atomic E-state index is 12.2. The molecular weight excluding hydrogens is 230 g/mol. The van der Waals surface area contributed by atoms with Gasteiger partial charge in [0, 0.05) is 6.04 Å². The van der Waals surface area contributed by atoms with Crippen LogP contribution in [0.15, 0.2) is 12.2 Å². The lowest BCUT2D eigenvalue weighted by Crippen LogP contribution is -2.42. The van der Waals surface area contributed by atoms with E-state index in [1.165, 1.54) is 0 Å². The number of allylic oxidation sites excluding steroid dienone is 2. The first kappa shape index (κ1) is 13.1. The molecule has 100 valence electrons. The molecule has 4 nitrogen and oxygen atoms in total. The van der Waals surface area contributed by atoms with Gasteiger partial charge in [-0.05, 0) is 38.0 Å². The number of hydrogen-bond donors (Lipinski definition) is 2. The fourth-order valence-corrected chi connectivity index (χ4v) is 3.02. The summed E-state index contributed by atoms with van der Waals surface area (Å²) >= 11 is 0. The van der Waals surface area contributed by atoms with Gasteiger partial charge in [0.15, 0.2) is 0 Å². The Morgan fingerprint density at radius 1 is 1.17 bits per heavy atom. The second kappa shape index (κ2) is 5.55. The molecule has 0 heterocycles. The van der Waals surface area contributed by atoms with E-state index in [1.807, 2.05) is 12.2 Å². The number of carbonyl (C=O) groups excluding carboxylic acids is 1. The molecule has 2 aliphatic rings. The first-order valence-corrected chi connectivity index (χ1v) is 6.76. The van der Waals surface area contributed by atoms with E-state index in [4.69, 9.17) is 5.11 Å². The summed E-state index contributed by atoms with van der Waals surface area (Å²) in [5.41, 5.74) is 0. The number of rotatable bonds is 3. The molecule has 0 aromatic carbocycles. The SMILES string of the molecule is CC1CCC(NC(=O)[C@@H]2CC=CC[C@@H]2C(=O)O)C1. The third-order valence-electron chi connectivity index (χ3n) is 4.13. The van der Waals surface area contributed by atoms with Gasteiger partial charge in [-0.1, -0.05) is 19.1 Å². The van der Waals surface area contributed by atoms with Crippen molar-refractivity contribution in [1.82, 2.24) is 5.32 Å². The van der Waals surface area contributed by atoms with Crippen LogP contribution in [0.5, 0.6) is 0 Å². The predicted octanol–water partition coefficient (Wildman–Crippen LogP) is 1.96. The van der Waals surface area contributed by atoms with E-state index in [-0.39, 0.29) is 11.9 Å². The number of nitrogens with one attached hydrogen (secondary N) is 1. The molecule has 2 unspecified atom stereocenters. The van der Waals surface area contributed by atoms with Crippen LogP contribution in [0.25, 0.3) is 0 Å². The molecule has 2 N–H and O–H groups in total. The fourth-order valence-electron chi connectivity index (χ4n) is 3.02. The van der Waals surface area contributed by atoms with Crippen molar-refractivity contribution in [2.45, 2.75) is 45.1 Å². The lowest BCUT2D eigenvalue weighted by Gasteiger charge is -2.25. The van der Waals surface area contributed by atoms with Gasteiger partial charge in [-0.25, -0.2) is 0 Å². The average molecular weight is 251 g/mol. The predicted molar refractivity (Wildman–Crippen MR) is 67.9 cm³/mol. The summed E-state index contributed by atoms with van der Waals surface area (Å²) in [5, 5.41) is 12.2. The third kappa shape index (κ3) is 2.92. The smallest absolute Gasteiger partial charge is 0.307 e. The summed E-state index contributed by atoms with van der Waals surface area (Å²) in [6.45, 7) is 2.19. The van der Waals surface area contributed by atoms with Crippen molar-refractivity contribution >= 4 is 11.9 Å². The maximum Gasteiger partial charge on any atom is 0.307 e. The Kier molecular flexibility index (Phi) is 4.04. The number of carbonyl (C=O) groups is 2. The van der Waals surface area contributed by atoms with E-state index < -0.39 is 17.8 Å². The molecule has 2 rings (SSSR count). The molecule has 0 saturated heterocycles. The highest BCUT2D eigenvalue weighted by Crippen LogP contribution is 2.28. The first-order valence-electron chi connectivity index (χ1n) is 6.76.